The topological polar surface area (TPSA) is 70.3 Å². The number of Topliss-reactive ketones (excluding diaryl/α,β-unsaturated/α-hetero) is 1. The normalized spacial score (nSPS) is 15.6. The number of hydrogen-bond donors (Lipinski definition) is 0. The molecular weight excluding hydrogens is 396 g/mol. The van der Waals surface area contributed by atoms with Crippen molar-refractivity contribution >= 4 is 17.4 Å². The van der Waals surface area contributed by atoms with Gasteiger partial charge in [-0.1, -0.05) is 11.6 Å². The third-order valence-corrected chi connectivity index (χ3v) is 4.42. The fourth-order valence-electron chi connectivity index (χ4n) is 2.81. The van der Waals surface area contributed by atoms with Crippen molar-refractivity contribution in [2.24, 2.45) is 7.05 Å². The van der Waals surface area contributed by atoms with E-state index in [9.17, 15) is 31.9 Å². The number of ether oxygens (including phenoxy) is 1. The number of carbonyl (C=O) groups is 1. The number of hydrogen-bond acceptors (Lipinski definition) is 4. The highest BCUT2D eigenvalue weighted by Gasteiger charge is 2.44. The molecule has 1 aromatic carbocycles. The summed E-state index contributed by atoms with van der Waals surface area (Å²) in [6.07, 6.45) is -4.97. The first kappa shape index (κ1) is 19.2. The maximum Gasteiger partial charge on any atom is 0.431 e. The van der Waals surface area contributed by atoms with E-state index >= 15 is 0 Å². The summed E-state index contributed by atoms with van der Waals surface area (Å²) in [6.45, 7) is 2.72. The fourth-order valence-corrected chi connectivity index (χ4v) is 3.08. The van der Waals surface area contributed by atoms with Crippen molar-refractivity contribution in [1.29, 1.82) is 0 Å². The molecule has 11 heteroatoms. The Bertz CT molecular complexity index is 1120. The molecule has 0 unspecified atom stereocenters. The number of alkyl halides is 3. The van der Waals surface area contributed by atoms with E-state index < -0.39 is 51.8 Å². The second kappa shape index (κ2) is 5.69. The fraction of sp³-hybridized carbons (Fsp3) is 0.312. The molecule has 0 amide bonds. The van der Waals surface area contributed by atoms with E-state index in [1.54, 1.807) is 0 Å². The molecule has 0 radical (unpaired) electrons. The number of fused-ring (bicyclic) bond motifs is 1. The number of benzene rings is 1. The van der Waals surface area contributed by atoms with Gasteiger partial charge in [0.05, 0.1) is 10.6 Å². The van der Waals surface area contributed by atoms with Gasteiger partial charge in [0.15, 0.2) is 17.2 Å². The van der Waals surface area contributed by atoms with Crippen LogP contribution in [-0.4, -0.2) is 20.5 Å². The monoisotopic (exact) mass is 406 g/mol. The van der Waals surface area contributed by atoms with Gasteiger partial charge >= 0.3 is 11.9 Å². The molecule has 3 rings (SSSR count). The predicted molar refractivity (Wildman–Crippen MR) is 86.3 cm³/mol. The minimum Gasteiger partial charge on any atom is -0.477 e. The van der Waals surface area contributed by atoms with Crippen molar-refractivity contribution in [1.82, 2.24) is 9.13 Å². The first-order valence-corrected chi connectivity index (χ1v) is 7.81. The van der Waals surface area contributed by atoms with Crippen LogP contribution in [0.2, 0.25) is 5.02 Å². The van der Waals surface area contributed by atoms with Crippen molar-refractivity contribution in [3.63, 3.8) is 0 Å². The van der Waals surface area contributed by atoms with E-state index in [1.807, 2.05) is 0 Å². The van der Waals surface area contributed by atoms with Crippen molar-refractivity contribution in [2.45, 2.75) is 25.6 Å². The Labute approximate surface area is 153 Å². The van der Waals surface area contributed by atoms with Gasteiger partial charge in [-0.15, -0.1) is 0 Å². The van der Waals surface area contributed by atoms with Crippen LogP contribution in [0.3, 0.4) is 0 Å². The Balaban J connectivity index is 2.43. The second-order valence-electron chi connectivity index (χ2n) is 6.38. The van der Waals surface area contributed by atoms with Crippen molar-refractivity contribution in [2.75, 3.05) is 0 Å². The summed E-state index contributed by atoms with van der Waals surface area (Å²) in [4.78, 5) is 37.1. The average Bonchev–Trinajstić information content (AvgIpc) is 2.75. The van der Waals surface area contributed by atoms with Crippen LogP contribution in [0.5, 0.6) is 5.75 Å². The molecule has 27 heavy (non-hydrogen) atoms. The summed E-state index contributed by atoms with van der Waals surface area (Å²) in [6, 6.07) is 0.853. The molecule has 6 nitrogen and oxygen atoms in total. The Hall–Kier alpha value is -2.62. The molecule has 1 aliphatic rings. The van der Waals surface area contributed by atoms with Gasteiger partial charge in [0.25, 0.3) is 5.56 Å². The molecule has 2 heterocycles. The van der Waals surface area contributed by atoms with Crippen LogP contribution in [0.1, 0.15) is 29.9 Å². The number of ketones is 1. The minimum absolute atomic E-state index is 0.157. The first-order valence-electron chi connectivity index (χ1n) is 7.44. The Morgan fingerprint density at radius 3 is 2.30 bits per heavy atom. The SMILES string of the molecule is Cn1c(C(F)(F)F)cc(=O)n(-c2c(F)cc(Cl)c3c2OC(C)(C)C3=O)c1=O. The van der Waals surface area contributed by atoms with E-state index in [4.69, 9.17) is 16.3 Å². The molecule has 0 atom stereocenters. The van der Waals surface area contributed by atoms with Crippen LogP contribution >= 0.6 is 11.6 Å². The van der Waals surface area contributed by atoms with Gasteiger partial charge in [-0.2, -0.15) is 13.2 Å². The molecule has 1 aromatic heterocycles. The van der Waals surface area contributed by atoms with Crippen LogP contribution in [0.25, 0.3) is 5.69 Å². The molecule has 0 aliphatic carbocycles. The summed E-state index contributed by atoms with van der Waals surface area (Å²) >= 11 is 5.89. The first-order chi connectivity index (χ1) is 12.3. The lowest BCUT2D eigenvalue weighted by Gasteiger charge is -2.18. The van der Waals surface area contributed by atoms with Crippen molar-refractivity contribution < 1.29 is 27.1 Å². The van der Waals surface area contributed by atoms with E-state index in [0.29, 0.717) is 6.07 Å². The van der Waals surface area contributed by atoms with Gasteiger partial charge in [0, 0.05) is 13.1 Å². The predicted octanol–water partition coefficient (Wildman–Crippen LogP) is 2.70. The molecule has 144 valence electrons. The summed E-state index contributed by atoms with van der Waals surface area (Å²) in [5.74, 6) is -2.31. The molecule has 0 spiro atoms. The molecule has 0 bridgehead atoms. The number of aromatic nitrogens is 2. The lowest BCUT2D eigenvalue weighted by Crippen LogP contribution is -2.41. The second-order valence-corrected chi connectivity index (χ2v) is 6.78. The largest absolute Gasteiger partial charge is 0.477 e. The van der Waals surface area contributed by atoms with Gasteiger partial charge in [-0.25, -0.2) is 13.8 Å². The van der Waals surface area contributed by atoms with Gasteiger partial charge in [-0.05, 0) is 19.9 Å². The van der Waals surface area contributed by atoms with Crippen molar-refractivity contribution in [3.05, 3.63) is 55.1 Å². The zero-order valence-electron chi connectivity index (χ0n) is 14.1. The van der Waals surface area contributed by atoms with E-state index in [1.165, 1.54) is 13.8 Å². The molecule has 0 saturated carbocycles. The Morgan fingerprint density at radius 1 is 1.15 bits per heavy atom. The summed E-state index contributed by atoms with van der Waals surface area (Å²) in [7, 11) is 0.783. The number of nitrogens with zero attached hydrogens (tertiary/aromatic N) is 2. The highest BCUT2D eigenvalue weighted by atomic mass is 35.5. The van der Waals surface area contributed by atoms with Crippen LogP contribution in [0.4, 0.5) is 17.6 Å². The number of carbonyl (C=O) groups excluding carboxylic acids is 1. The van der Waals surface area contributed by atoms with Crippen LogP contribution in [-0.2, 0) is 13.2 Å². The average molecular weight is 407 g/mol. The zero-order chi connectivity index (χ0) is 20.5. The lowest BCUT2D eigenvalue weighted by atomic mass is 9.99. The smallest absolute Gasteiger partial charge is 0.431 e. The summed E-state index contributed by atoms with van der Waals surface area (Å²) in [5, 5.41) is -0.307. The third kappa shape index (κ3) is 2.75. The van der Waals surface area contributed by atoms with Gasteiger partial charge in [0.2, 0.25) is 5.78 Å². The highest BCUT2D eigenvalue weighted by molar-refractivity contribution is 6.35. The zero-order valence-corrected chi connectivity index (χ0v) is 14.8. The number of halogens is 5. The van der Waals surface area contributed by atoms with Crippen LogP contribution in [0, 0.1) is 5.82 Å². The number of rotatable bonds is 1. The van der Waals surface area contributed by atoms with Gasteiger partial charge in [-0.3, -0.25) is 14.2 Å². The standard InChI is InChI=1S/C16H11ClF4N2O4/c1-15(2)13(25)10-6(17)4-7(18)11(12(10)27-15)23-9(24)5-8(16(19,20)21)22(3)14(23)26/h4-5H,1-3H3. The van der Waals surface area contributed by atoms with Crippen LogP contribution in [0.15, 0.2) is 21.7 Å². The van der Waals surface area contributed by atoms with Crippen molar-refractivity contribution in [3.8, 4) is 11.4 Å². The summed E-state index contributed by atoms with van der Waals surface area (Å²) in [5.41, 5.74) is -6.89. The minimum atomic E-state index is -4.97. The van der Waals surface area contributed by atoms with Gasteiger partial charge < -0.3 is 4.74 Å². The molecular formula is C16H11ClF4N2O4. The van der Waals surface area contributed by atoms with E-state index in [2.05, 4.69) is 0 Å². The maximum absolute atomic E-state index is 14.6. The molecule has 0 fully saturated rings. The third-order valence-electron chi connectivity index (χ3n) is 4.13. The van der Waals surface area contributed by atoms with Gasteiger partial charge in [0.1, 0.15) is 11.4 Å². The maximum atomic E-state index is 14.6. The highest BCUT2D eigenvalue weighted by Crippen LogP contribution is 2.43. The quantitative estimate of drug-likeness (QED) is 0.683. The summed E-state index contributed by atoms with van der Waals surface area (Å²) < 4.78 is 59.3. The molecule has 2 aromatic rings. The Kier molecular flexibility index (Phi) is 4.03. The Morgan fingerprint density at radius 2 is 1.74 bits per heavy atom. The van der Waals surface area contributed by atoms with E-state index in [0.717, 1.165) is 7.05 Å². The van der Waals surface area contributed by atoms with Crippen LogP contribution < -0.4 is 16.0 Å². The molecule has 0 N–H and O–H groups in total. The van der Waals surface area contributed by atoms with E-state index in [-0.39, 0.29) is 25.8 Å². The lowest BCUT2D eigenvalue weighted by molar-refractivity contribution is -0.144. The molecule has 0 saturated heterocycles. The molecule has 1 aliphatic heterocycles.